The number of nitrogens with one attached hydrogen (secondary N) is 2. The number of hydrogen-bond acceptors (Lipinski definition) is 5. The monoisotopic (exact) mass is 397 g/mol. The number of carbonyl (C=O) groups is 2. The average molecular weight is 397 g/mol. The lowest BCUT2D eigenvalue weighted by atomic mass is 10.0. The molecule has 0 heterocycles. The van der Waals surface area contributed by atoms with Gasteiger partial charge in [0, 0.05) is 17.0 Å². The van der Waals surface area contributed by atoms with Crippen LogP contribution in [-0.4, -0.2) is 31.7 Å². The minimum Gasteiger partial charge on any atom is -0.493 e. The van der Waals surface area contributed by atoms with Gasteiger partial charge in [0.25, 0.3) is 5.91 Å². The number of methoxy groups -OCH3 is 2. The number of para-hydroxylation sites is 1. The summed E-state index contributed by atoms with van der Waals surface area (Å²) in [6, 6.07) is 12.5. The van der Waals surface area contributed by atoms with Gasteiger partial charge in [-0.2, -0.15) is 5.10 Å². The van der Waals surface area contributed by atoms with Crippen molar-refractivity contribution >= 4 is 23.2 Å². The Morgan fingerprint density at radius 1 is 1.03 bits per heavy atom. The Balaban J connectivity index is 1.98. The number of hydrazone groups is 1. The van der Waals surface area contributed by atoms with Crippen molar-refractivity contribution in [2.24, 2.45) is 5.10 Å². The average Bonchev–Trinajstić information content (AvgIpc) is 2.71. The van der Waals surface area contributed by atoms with Gasteiger partial charge in [-0.3, -0.25) is 9.59 Å². The molecule has 0 unspecified atom stereocenters. The van der Waals surface area contributed by atoms with Gasteiger partial charge in [0.1, 0.15) is 0 Å². The summed E-state index contributed by atoms with van der Waals surface area (Å²) >= 11 is 0. The van der Waals surface area contributed by atoms with Crippen molar-refractivity contribution in [1.29, 1.82) is 0 Å². The third kappa shape index (κ3) is 6.07. The first-order valence-corrected chi connectivity index (χ1v) is 9.30. The highest BCUT2D eigenvalue weighted by Gasteiger charge is 2.12. The standard InChI is InChI=1S/C22H27N3O4/c1-14(2)17-8-6-7-9-18(17)23-21(26)12-15(3)24-25-22(27)16-10-11-19(28-4)20(13-16)29-5/h6-11,13-14H,12H2,1-5H3,(H,23,26)(H,25,27)/b24-15-. The smallest absolute Gasteiger partial charge is 0.271 e. The number of nitrogens with zero attached hydrogens (tertiary/aromatic N) is 1. The number of benzene rings is 2. The second-order valence-corrected chi connectivity index (χ2v) is 6.82. The van der Waals surface area contributed by atoms with E-state index in [4.69, 9.17) is 9.47 Å². The molecule has 2 aromatic carbocycles. The minimum absolute atomic E-state index is 0.0681. The first kappa shape index (κ1) is 21.9. The van der Waals surface area contributed by atoms with Crippen LogP contribution in [0.3, 0.4) is 0 Å². The molecule has 2 rings (SSSR count). The van der Waals surface area contributed by atoms with E-state index >= 15 is 0 Å². The Morgan fingerprint density at radius 2 is 1.72 bits per heavy atom. The molecule has 7 heteroatoms. The fourth-order valence-electron chi connectivity index (χ4n) is 2.77. The molecule has 2 amide bonds. The molecule has 7 nitrogen and oxygen atoms in total. The third-order valence-corrected chi connectivity index (χ3v) is 4.27. The summed E-state index contributed by atoms with van der Waals surface area (Å²) in [7, 11) is 3.02. The largest absolute Gasteiger partial charge is 0.493 e. The summed E-state index contributed by atoms with van der Waals surface area (Å²) in [6.07, 6.45) is 0.0681. The van der Waals surface area contributed by atoms with Crippen LogP contribution in [0.25, 0.3) is 0 Å². The van der Waals surface area contributed by atoms with Gasteiger partial charge >= 0.3 is 0 Å². The molecule has 0 bridgehead atoms. The van der Waals surface area contributed by atoms with Crippen molar-refractivity contribution in [2.75, 3.05) is 19.5 Å². The maximum Gasteiger partial charge on any atom is 0.271 e. The quantitative estimate of drug-likeness (QED) is 0.521. The molecule has 0 aliphatic carbocycles. The SMILES string of the molecule is COc1ccc(C(=O)N/N=C(/C)CC(=O)Nc2ccccc2C(C)C)cc1OC. The number of anilines is 1. The predicted octanol–water partition coefficient (Wildman–Crippen LogP) is 3.96. The van der Waals surface area contributed by atoms with E-state index in [0.29, 0.717) is 28.7 Å². The Labute approximate surface area is 171 Å². The van der Waals surface area contributed by atoms with Crippen LogP contribution in [0.5, 0.6) is 11.5 Å². The molecule has 0 radical (unpaired) electrons. The lowest BCUT2D eigenvalue weighted by molar-refractivity contribution is -0.115. The van der Waals surface area contributed by atoms with Gasteiger partial charge in [-0.25, -0.2) is 5.43 Å². The van der Waals surface area contributed by atoms with E-state index in [0.717, 1.165) is 11.3 Å². The molecule has 0 spiro atoms. The molecular weight excluding hydrogens is 370 g/mol. The van der Waals surface area contributed by atoms with Crippen molar-refractivity contribution in [2.45, 2.75) is 33.1 Å². The number of hydrogen-bond donors (Lipinski definition) is 2. The van der Waals surface area contributed by atoms with Crippen LogP contribution in [0.15, 0.2) is 47.6 Å². The molecule has 0 aromatic heterocycles. The molecule has 2 N–H and O–H groups in total. The normalized spacial score (nSPS) is 11.2. The van der Waals surface area contributed by atoms with Crippen LogP contribution >= 0.6 is 0 Å². The fourth-order valence-corrected chi connectivity index (χ4v) is 2.77. The third-order valence-electron chi connectivity index (χ3n) is 4.27. The van der Waals surface area contributed by atoms with Crippen molar-refractivity contribution in [3.05, 3.63) is 53.6 Å². The van der Waals surface area contributed by atoms with Gasteiger partial charge in [-0.05, 0) is 42.7 Å². The van der Waals surface area contributed by atoms with E-state index in [1.54, 1.807) is 25.1 Å². The van der Waals surface area contributed by atoms with Gasteiger partial charge in [0.05, 0.1) is 20.6 Å². The van der Waals surface area contributed by atoms with Crippen LogP contribution in [0, 0.1) is 0 Å². The second kappa shape index (κ2) is 10.3. The number of rotatable bonds is 8. The summed E-state index contributed by atoms with van der Waals surface area (Å²) in [5.41, 5.74) is 5.17. The Morgan fingerprint density at radius 3 is 2.38 bits per heavy atom. The Kier molecular flexibility index (Phi) is 7.77. The lowest BCUT2D eigenvalue weighted by Crippen LogP contribution is -2.22. The highest BCUT2D eigenvalue weighted by Crippen LogP contribution is 2.27. The predicted molar refractivity (Wildman–Crippen MR) is 114 cm³/mol. The summed E-state index contributed by atoms with van der Waals surface area (Å²) < 4.78 is 10.4. The highest BCUT2D eigenvalue weighted by atomic mass is 16.5. The van der Waals surface area contributed by atoms with Gasteiger partial charge < -0.3 is 14.8 Å². The second-order valence-electron chi connectivity index (χ2n) is 6.82. The molecule has 0 atom stereocenters. The first-order chi connectivity index (χ1) is 13.8. The van der Waals surface area contributed by atoms with E-state index in [1.165, 1.54) is 14.2 Å². The Bertz CT molecular complexity index is 907. The van der Waals surface area contributed by atoms with Crippen LogP contribution in [0.1, 0.15) is 49.0 Å². The summed E-state index contributed by atoms with van der Waals surface area (Å²) in [6.45, 7) is 5.83. The van der Waals surface area contributed by atoms with E-state index in [1.807, 2.05) is 24.3 Å². The van der Waals surface area contributed by atoms with Crippen LogP contribution in [-0.2, 0) is 4.79 Å². The molecule has 0 aliphatic heterocycles. The fraction of sp³-hybridized carbons (Fsp3) is 0.318. The Hall–Kier alpha value is -3.35. The van der Waals surface area contributed by atoms with Crippen LogP contribution < -0.4 is 20.2 Å². The highest BCUT2D eigenvalue weighted by molar-refractivity contribution is 6.06. The molecule has 0 aliphatic rings. The van der Waals surface area contributed by atoms with Gasteiger partial charge in [-0.1, -0.05) is 32.0 Å². The maximum absolute atomic E-state index is 12.3. The van der Waals surface area contributed by atoms with E-state index in [-0.39, 0.29) is 12.3 Å². The zero-order valence-electron chi connectivity index (χ0n) is 17.4. The first-order valence-electron chi connectivity index (χ1n) is 9.30. The van der Waals surface area contributed by atoms with Gasteiger partial charge in [0.2, 0.25) is 5.91 Å². The molecule has 2 aromatic rings. The molecule has 0 fully saturated rings. The zero-order chi connectivity index (χ0) is 21.4. The lowest BCUT2D eigenvalue weighted by Gasteiger charge is -2.13. The van der Waals surface area contributed by atoms with E-state index in [9.17, 15) is 9.59 Å². The summed E-state index contributed by atoms with van der Waals surface area (Å²) in [5.74, 6) is 0.670. The van der Waals surface area contributed by atoms with E-state index < -0.39 is 5.91 Å². The molecular formula is C22H27N3O4. The van der Waals surface area contributed by atoms with E-state index in [2.05, 4.69) is 29.7 Å². The van der Waals surface area contributed by atoms with Crippen molar-refractivity contribution < 1.29 is 19.1 Å². The minimum atomic E-state index is -0.407. The topological polar surface area (TPSA) is 89.0 Å². The number of amides is 2. The van der Waals surface area contributed by atoms with Crippen molar-refractivity contribution in [1.82, 2.24) is 5.43 Å². The maximum atomic E-state index is 12.3. The molecule has 154 valence electrons. The summed E-state index contributed by atoms with van der Waals surface area (Å²) in [4.78, 5) is 24.6. The molecule has 0 saturated heterocycles. The van der Waals surface area contributed by atoms with Crippen molar-refractivity contribution in [3.8, 4) is 11.5 Å². The summed E-state index contributed by atoms with van der Waals surface area (Å²) in [5, 5.41) is 6.93. The van der Waals surface area contributed by atoms with Gasteiger partial charge in [-0.15, -0.1) is 0 Å². The molecule has 29 heavy (non-hydrogen) atoms. The zero-order valence-corrected chi connectivity index (χ0v) is 17.4. The number of carbonyl (C=O) groups excluding carboxylic acids is 2. The number of ether oxygens (including phenoxy) is 2. The van der Waals surface area contributed by atoms with Gasteiger partial charge in [0.15, 0.2) is 11.5 Å². The van der Waals surface area contributed by atoms with Crippen LogP contribution in [0.2, 0.25) is 0 Å². The van der Waals surface area contributed by atoms with Crippen LogP contribution in [0.4, 0.5) is 5.69 Å². The molecule has 0 saturated carbocycles. The van der Waals surface area contributed by atoms with Crippen molar-refractivity contribution in [3.63, 3.8) is 0 Å².